The third-order valence-corrected chi connectivity index (χ3v) is 2.47. The largest absolute Gasteiger partial charge is 0.469 e. The summed E-state index contributed by atoms with van der Waals surface area (Å²) in [6, 6.07) is 0. The molecule has 0 aliphatic heterocycles. The van der Waals surface area contributed by atoms with Gasteiger partial charge in [0.05, 0.1) is 20.1 Å². The maximum absolute atomic E-state index is 11.0. The maximum Gasteiger partial charge on any atom is 0.306 e. The van der Waals surface area contributed by atoms with E-state index in [2.05, 4.69) is 14.9 Å². The molecule has 0 saturated heterocycles. The summed E-state index contributed by atoms with van der Waals surface area (Å²) in [4.78, 5) is 17.3. The number of hydrogen-bond donors (Lipinski definition) is 0. The van der Waals surface area contributed by atoms with Crippen LogP contribution in [0.25, 0.3) is 0 Å². The van der Waals surface area contributed by atoms with E-state index in [1.165, 1.54) is 7.11 Å². The minimum atomic E-state index is -0.220. The Kier molecular flexibility index (Phi) is 4.84. The van der Waals surface area contributed by atoms with Crippen LogP contribution in [0.5, 0.6) is 0 Å². The number of carbonyl (C=O) groups excluding carboxylic acids is 1. The first kappa shape index (κ1) is 14.6. The third kappa shape index (κ3) is 4.44. The van der Waals surface area contributed by atoms with Crippen LogP contribution in [0.1, 0.15) is 38.9 Å². The number of carbonyl (C=O) groups is 1. The number of aromatic nitrogens is 2. The molecule has 6 nitrogen and oxygen atoms in total. The van der Waals surface area contributed by atoms with E-state index in [0.29, 0.717) is 31.2 Å². The normalized spacial score (nSPS) is 11.9. The molecule has 0 aliphatic carbocycles. The van der Waals surface area contributed by atoms with Crippen molar-refractivity contribution < 1.29 is 14.1 Å². The van der Waals surface area contributed by atoms with E-state index in [1.54, 1.807) is 0 Å². The molecule has 0 radical (unpaired) electrons. The zero-order valence-corrected chi connectivity index (χ0v) is 11.7. The highest BCUT2D eigenvalue weighted by molar-refractivity contribution is 5.69. The van der Waals surface area contributed by atoms with Crippen LogP contribution < -0.4 is 0 Å². The molecule has 0 aromatic carbocycles. The van der Waals surface area contributed by atoms with Gasteiger partial charge in [-0.05, 0) is 7.05 Å². The predicted molar refractivity (Wildman–Crippen MR) is 66.0 cm³/mol. The molecule has 102 valence electrons. The van der Waals surface area contributed by atoms with Crippen molar-refractivity contribution in [2.24, 2.45) is 0 Å². The summed E-state index contributed by atoms with van der Waals surface area (Å²) in [5.74, 6) is 1.04. The van der Waals surface area contributed by atoms with Gasteiger partial charge in [-0.25, -0.2) is 0 Å². The van der Waals surface area contributed by atoms with Crippen LogP contribution in [-0.2, 0) is 21.5 Å². The zero-order chi connectivity index (χ0) is 13.8. The molecule has 1 heterocycles. The molecule has 0 N–H and O–H groups in total. The Bertz CT molecular complexity index is 396. The molecule has 0 aliphatic rings. The highest BCUT2D eigenvalue weighted by atomic mass is 16.5. The zero-order valence-electron chi connectivity index (χ0n) is 11.7. The first-order valence-corrected chi connectivity index (χ1v) is 5.91. The van der Waals surface area contributed by atoms with Crippen LogP contribution in [-0.4, -0.2) is 41.7 Å². The Morgan fingerprint density at radius 1 is 1.44 bits per heavy atom. The molecule has 6 heteroatoms. The number of hydrogen-bond acceptors (Lipinski definition) is 6. The number of esters is 1. The summed E-state index contributed by atoms with van der Waals surface area (Å²) in [5, 5.41) is 3.95. The third-order valence-electron chi connectivity index (χ3n) is 2.47. The summed E-state index contributed by atoms with van der Waals surface area (Å²) < 4.78 is 9.76. The SMILES string of the molecule is COC(=O)CCN(C)Cc1nc(C(C)(C)C)no1. The van der Waals surface area contributed by atoms with Crippen molar-refractivity contribution in [1.82, 2.24) is 15.0 Å². The van der Waals surface area contributed by atoms with Crippen molar-refractivity contribution in [3.05, 3.63) is 11.7 Å². The number of ether oxygens (including phenoxy) is 1. The van der Waals surface area contributed by atoms with Crippen molar-refractivity contribution in [2.75, 3.05) is 20.7 Å². The van der Waals surface area contributed by atoms with Crippen molar-refractivity contribution in [3.63, 3.8) is 0 Å². The Morgan fingerprint density at radius 2 is 2.11 bits per heavy atom. The first-order chi connectivity index (χ1) is 8.32. The molecule has 1 aromatic rings. The summed E-state index contributed by atoms with van der Waals surface area (Å²) in [7, 11) is 3.28. The summed E-state index contributed by atoms with van der Waals surface area (Å²) >= 11 is 0. The van der Waals surface area contributed by atoms with E-state index in [0.717, 1.165) is 0 Å². The highest BCUT2D eigenvalue weighted by Gasteiger charge is 2.21. The number of rotatable bonds is 5. The smallest absolute Gasteiger partial charge is 0.306 e. The predicted octanol–water partition coefficient (Wildman–Crippen LogP) is 1.36. The summed E-state index contributed by atoms with van der Waals surface area (Å²) in [6.07, 6.45) is 0.354. The van der Waals surface area contributed by atoms with Crippen LogP contribution in [0.3, 0.4) is 0 Å². The molecule has 0 saturated carbocycles. The average molecular weight is 255 g/mol. The monoisotopic (exact) mass is 255 g/mol. The fourth-order valence-corrected chi connectivity index (χ4v) is 1.32. The molecular formula is C12H21N3O3. The summed E-state index contributed by atoms with van der Waals surface area (Å²) in [6.45, 7) is 7.22. The Hall–Kier alpha value is -1.43. The second kappa shape index (κ2) is 5.95. The summed E-state index contributed by atoms with van der Waals surface area (Å²) in [5.41, 5.74) is -0.119. The molecule has 1 rings (SSSR count). The van der Waals surface area contributed by atoms with Crippen LogP contribution >= 0.6 is 0 Å². The molecule has 0 unspecified atom stereocenters. The lowest BCUT2D eigenvalue weighted by Crippen LogP contribution is -2.22. The van der Waals surface area contributed by atoms with Gasteiger partial charge in [0.1, 0.15) is 0 Å². The lowest BCUT2D eigenvalue weighted by Gasteiger charge is -2.13. The standard InChI is InChI=1S/C12H21N3O3/c1-12(2,3)11-13-9(18-14-11)8-15(4)7-6-10(16)17-5/h6-8H2,1-5H3. The minimum Gasteiger partial charge on any atom is -0.469 e. The lowest BCUT2D eigenvalue weighted by molar-refractivity contribution is -0.140. The quantitative estimate of drug-likeness (QED) is 0.740. The van der Waals surface area contributed by atoms with E-state index in [9.17, 15) is 4.79 Å². The maximum atomic E-state index is 11.0. The van der Waals surface area contributed by atoms with Crippen molar-refractivity contribution in [2.45, 2.75) is 39.2 Å². The van der Waals surface area contributed by atoms with Gasteiger partial charge in [0.15, 0.2) is 5.82 Å². The highest BCUT2D eigenvalue weighted by Crippen LogP contribution is 2.18. The Balaban J connectivity index is 2.47. The molecule has 0 spiro atoms. The molecule has 1 aromatic heterocycles. The van der Waals surface area contributed by atoms with Crippen LogP contribution in [0.2, 0.25) is 0 Å². The molecule has 0 fully saturated rings. The van der Waals surface area contributed by atoms with Crippen LogP contribution in [0.4, 0.5) is 0 Å². The first-order valence-electron chi connectivity index (χ1n) is 5.91. The Morgan fingerprint density at radius 3 is 2.61 bits per heavy atom. The van der Waals surface area contributed by atoms with Gasteiger partial charge in [0.2, 0.25) is 5.89 Å². The lowest BCUT2D eigenvalue weighted by atomic mass is 9.96. The fraction of sp³-hybridized carbons (Fsp3) is 0.750. The van der Waals surface area contributed by atoms with E-state index < -0.39 is 0 Å². The van der Waals surface area contributed by atoms with Gasteiger partial charge in [-0.3, -0.25) is 9.69 Å². The van der Waals surface area contributed by atoms with Gasteiger partial charge in [0.25, 0.3) is 0 Å². The van der Waals surface area contributed by atoms with Crippen molar-refractivity contribution in [3.8, 4) is 0 Å². The fourth-order valence-electron chi connectivity index (χ4n) is 1.32. The van der Waals surface area contributed by atoms with E-state index in [1.807, 2.05) is 32.7 Å². The molecule has 0 amide bonds. The second-order valence-electron chi connectivity index (χ2n) is 5.33. The van der Waals surface area contributed by atoms with Gasteiger partial charge >= 0.3 is 5.97 Å². The molecule has 0 atom stereocenters. The molecule has 18 heavy (non-hydrogen) atoms. The van der Waals surface area contributed by atoms with Gasteiger partial charge in [0, 0.05) is 12.0 Å². The minimum absolute atomic E-state index is 0.119. The van der Waals surface area contributed by atoms with Gasteiger partial charge < -0.3 is 9.26 Å². The van der Waals surface area contributed by atoms with Gasteiger partial charge in [-0.15, -0.1) is 0 Å². The number of methoxy groups -OCH3 is 1. The van der Waals surface area contributed by atoms with E-state index in [-0.39, 0.29) is 11.4 Å². The molecule has 0 bridgehead atoms. The van der Waals surface area contributed by atoms with E-state index >= 15 is 0 Å². The van der Waals surface area contributed by atoms with Crippen molar-refractivity contribution >= 4 is 5.97 Å². The van der Waals surface area contributed by atoms with Crippen LogP contribution in [0.15, 0.2) is 4.52 Å². The topological polar surface area (TPSA) is 68.5 Å². The van der Waals surface area contributed by atoms with Crippen molar-refractivity contribution in [1.29, 1.82) is 0 Å². The van der Waals surface area contributed by atoms with E-state index in [4.69, 9.17) is 4.52 Å². The average Bonchev–Trinajstić information content (AvgIpc) is 2.74. The van der Waals surface area contributed by atoms with Crippen LogP contribution in [0, 0.1) is 0 Å². The van der Waals surface area contributed by atoms with Gasteiger partial charge in [-0.2, -0.15) is 4.98 Å². The molecular weight excluding hydrogens is 234 g/mol. The Labute approximate surface area is 107 Å². The van der Waals surface area contributed by atoms with Gasteiger partial charge in [-0.1, -0.05) is 25.9 Å². The number of nitrogens with zero attached hydrogens (tertiary/aromatic N) is 3. The second-order valence-corrected chi connectivity index (χ2v) is 5.33.